The molecule has 2 N–H and O–H groups in total. The fourth-order valence-electron chi connectivity index (χ4n) is 3.44. The molecular weight excluding hydrogens is 504 g/mol. The summed E-state index contributed by atoms with van der Waals surface area (Å²) in [4.78, 5) is 24.5. The Morgan fingerprint density at radius 1 is 0.947 bits per heavy atom. The summed E-state index contributed by atoms with van der Waals surface area (Å²) in [6.07, 6.45) is 2.24. The van der Waals surface area contributed by atoms with E-state index in [2.05, 4.69) is 15.8 Å². The van der Waals surface area contributed by atoms with Crippen LogP contribution in [0.3, 0.4) is 0 Å². The number of hydrazone groups is 1. The number of amides is 2. The van der Waals surface area contributed by atoms with Crippen molar-refractivity contribution in [1.29, 1.82) is 0 Å². The Balaban J connectivity index is 1.65. The summed E-state index contributed by atoms with van der Waals surface area (Å²) in [6, 6.07) is 21.8. The molecule has 0 aliphatic carbocycles. The topological polar surface area (TPSA) is 117 Å². The van der Waals surface area contributed by atoms with Crippen molar-refractivity contribution in [2.24, 2.45) is 5.10 Å². The summed E-state index contributed by atoms with van der Waals surface area (Å²) in [6.45, 7) is 5.20. The molecule has 0 fully saturated rings. The molecule has 0 spiro atoms. The minimum absolute atomic E-state index is 0.0343. The van der Waals surface area contributed by atoms with Gasteiger partial charge in [0.05, 0.1) is 16.8 Å². The van der Waals surface area contributed by atoms with Gasteiger partial charge in [0.15, 0.2) is 6.61 Å². The summed E-state index contributed by atoms with van der Waals surface area (Å²) in [5, 5.41) is 6.70. The van der Waals surface area contributed by atoms with E-state index >= 15 is 0 Å². The van der Waals surface area contributed by atoms with Crippen molar-refractivity contribution in [3.63, 3.8) is 0 Å². The molecule has 0 heterocycles. The van der Waals surface area contributed by atoms with Gasteiger partial charge in [0.25, 0.3) is 21.8 Å². The quantitative estimate of drug-likeness (QED) is 0.271. The molecule has 10 heteroatoms. The molecule has 200 valence electrons. The number of anilines is 1. The minimum atomic E-state index is -3.99. The van der Waals surface area contributed by atoms with Crippen molar-refractivity contribution in [1.82, 2.24) is 10.7 Å². The van der Waals surface area contributed by atoms with E-state index in [4.69, 9.17) is 4.74 Å². The van der Waals surface area contributed by atoms with Gasteiger partial charge in [0, 0.05) is 6.04 Å². The number of ether oxygens (including phenoxy) is 1. The Hall–Kier alpha value is -4.18. The monoisotopic (exact) mass is 536 g/mol. The van der Waals surface area contributed by atoms with Gasteiger partial charge < -0.3 is 10.1 Å². The average molecular weight is 537 g/mol. The van der Waals surface area contributed by atoms with Crippen LogP contribution in [0.5, 0.6) is 5.75 Å². The normalized spacial score (nSPS) is 11.4. The summed E-state index contributed by atoms with van der Waals surface area (Å²) < 4.78 is 33.2. The largest absolute Gasteiger partial charge is 0.484 e. The van der Waals surface area contributed by atoms with E-state index in [1.807, 2.05) is 32.9 Å². The van der Waals surface area contributed by atoms with Gasteiger partial charge in [-0.1, -0.05) is 37.3 Å². The standard InChI is InChI=1S/C28H32N4O5S/c1-4-22-10-14-24(15-11-22)32(38(35,36)26-8-6-5-7-9-26)19-27(33)31-29-18-23-12-16-25(17-13-23)37-20-28(34)30-21(2)3/h5-18,21H,4,19-20H2,1-3H3,(H,30,34)(H,31,33)/b29-18-. The molecule has 0 unspecified atom stereocenters. The van der Waals surface area contributed by atoms with Gasteiger partial charge >= 0.3 is 0 Å². The predicted molar refractivity (Wildman–Crippen MR) is 148 cm³/mol. The van der Waals surface area contributed by atoms with Gasteiger partial charge in [-0.3, -0.25) is 13.9 Å². The molecule has 3 aromatic carbocycles. The summed E-state index contributed by atoms with van der Waals surface area (Å²) in [5.41, 5.74) is 4.49. The number of nitrogens with zero attached hydrogens (tertiary/aromatic N) is 2. The first-order valence-electron chi connectivity index (χ1n) is 12.2. The summed E-state index contributed by atoms with van der Waals surface area (Å²) in [5.74, 6) is -0.296. The molecule has 0 saturated heterocycles. The number of rotatable bonds is 12. The van der Waals surface area contributed by atoms with Crippen molar-refractivity contribution in [2.45, 2.75) is 38.1 Å². The van der Waals surface area contributed by atoms with Crippen LogP contribution < -0.4 is 19.8 Å². The van der Waals surface area contributed by atoms with Gasteiger partial charge in [-0.25, -0.2) is 13.8 Å². The van der Waals surface area contributed by atoms with E-state index < -0.39 is 22.5 Å². The first-order valence-corrected chi connectivity index (χ1v) is 13.6. The van der Waals surface area contributed by atoms with Crippen molar-refractivity contribution < 1.29 is 22.7 Å². The number of carbonyl (C=O) groups is 2. The third-order valence-corrected chi connectivity index (χ3v) is 7.14. The van der Waals surface area contributed by atoms with Gasteiger partial charge in [-0.15, -0.1) is 0 Å². The number of hydrogen-bond donors (Lipinski definition) is 2. The van der Waals surface area contributed by atoms with Crippen LogP contribution in [0.4, 0.5) is 5.69 Å². The smallest absolute Gasteiger partial charge is 0.264 e. The van der Waals surface area contributed by atoms with Crippen molar-refractivity contribution in [2.75, 3.05) is 17.5 Å². The predicted octanol–water partition coefficient (Wildman–Crippen LogP) is 3.50. The fraction of sp³-hybridized carbons (Fsp3) is 0.250. The van der Waals surface area contributed by atoms with Crippen molar-refractivity contribution in [3.05, 3.63) is 90.0 Å². The van der Waals surface area contributed by atoms with Crippen LogP contribution in [0.15, 0.2) is 88.9 Å². The molecule has 9 nitrogen and oxygen atoms in total. The van der Waals surface area contributed by atoms with Gasteiger partial charge in [-0.05, 0) is 79.9 Å². The van der Waals surface area contributed by atoms with Crippen LogP contribution in [-0.4, -0.2) is 45.6 Å². The number of aryl methyl sites for hydroxylation is 1. The van der Waals surface area contributed by atoms with E-state index in [0.29, 0.717) is 17.0 Å². The van der Waals surface area contributed by atoms with Crippen LogP contribution in [0.1, 0.15) is 31.9 Å². The maximum atomic E-state index is 13.4. The highest BCUT2D eigenvalue weighted by Gasteiger charge is 2.27. The van der Waals surface area contributed by atoms with Crippen molar-refractivity contribution >= 4 is 33.7 Å². The van der Waals surface area contributed by atoms with E-state index in [-0.39, 0.29) is 23.5 Å². The Kier molecular flexibility index (Phi) is 10.0. The molecule has 3 aromatic rings. The van der Waals surface area contributed by atoms with E-state index in [1.165, 1.54) is 18.3 Å². The van der Waals surface area contributed by atoms with Crippen LogP contribution in [0.2, 0.25) is 0 Å². The lowest BCUT2D eigenvalue weighted by atomic mass is 10.1. The molecular formula is C28H32N4O5S. The molecule has 38 heavy (non-hydrogen) atoms. The van der Waals surface area contributed by atoms with Crippen LogP contribution in [0, 0.1) is 0 Å². The zero-order valence-corrected chi connectivity index (χ0v) is 22.4. The van der Waals surface area contributed by atoms with Crippen LogP contribution >= 0.6 is 0 Å². The Morgan fingerprint density at radius 2 is 1.61 bits per heavy atom. The number of sulfonamides is 1. The number of benzene rings is 3. The Morgan fingerprint density at radius 3 is 2.21 bits per heavy atom. The lowest BCUT2D eigenvalue weighted by molar-refractivity contribution is -0.123. The number of hydrogen-bond acceptors (Lipinski definition) is 6. The highest BCUT2D eigenvalue weighted by Crippen LogP contribution is 2.24. The second-order valence-electron chi connectivity index (χ2n) is 8.72. The highest BCUT2D eigenvalue weighted by molar-refractivity contribution is 7.92. The van der Waals surface area contributed by atoms with E-state index in [1.54, 1.807) is 54.6 Å². The van der Waals surface area contributed by atoms with Crippen LogP contribution in [0.25, 0.3) is 0 Å². The third-order valence-electron chi connectivity index (χ3n) is 5.35. The molecule has 2 amide bonds. The molecule has 0 bridgehead atoms. The number of nitrogens with one attached hydrogen (secondary N) is 2. The molecule has 3 rings (SSSR count). The average Bonchev–Trinajstić information content (AvgIpc) is 2.91. The van der Waals surface area contributed by atoms with Crippen LogP contribution in [-0.2, 0) is 26.0 Å². The van der Waals surface area contributed by atoms with Crippen molar-refractivity contribution in [3.8, 4) is 5.75 Å². The third kappa shape index (κ3) is 8.17. The van der Waals surface area contributed by atoms with Gasteiger partial charge in [-0.2, -0.15) is 5.10 Å². The minimum Gasteiger partial charge on any atom is -0.484 e. The first kappa shape index (κ1) is 28.4. The molecule has 0 aliphatic rings. The molecule has 0 saturated carbocycles. The SMILES string of the molecule is CCc1ccc(N(CC(=O)N/N=C\c2ccc(OCC(=O)NC(C)C)cc2)S(=O)(=O)c2ccccc2)cc1. The van der Waals surface area contributed by atoms with Gasteiger partial charge in [0.1, 0.15) is 12.3 Å². The second-order valence-corrected chi connectivity index (χ2v) is 10.6. The molecule has 0 aliphatic heterocycles. The Bertz CT molecular complexity index is 1340. The zero-order valence-electron chi connectivity index (χ0n) is 21.6. The molecule has 0 radical (unpaired) electrons. The maximum Gasteiger partial charge on any atom is 0.264 e. The molecule has 0 aromatic heterocycles. The maximum absolute atomic E-state index is 13.4. The van der Waals surface area contributed by atoms with E-state index in [0.717, 1.165) is 16.3 Å². The summed E-state index contributed by atoms with van der Waals surface area (Å²) in [7, 11) is -3.99. The molecule has 0 atom stereocenters. The van der Waals surface area contributed by atoms with Gasteiger partial charge in [0.2, 0.25) is 0 Å². The fourth-order valence-corrected chi connectivity index (χ4v) is 4.88. The number of carbonyl (C=O) groups excluding carboxylic acids is 2. The lowest BCUT2D eigenvalue weighted by Crippen LogP contribution is -2.39. The Labute approximate surface area is 223 Å². The highest BCUT2D eigenvalue weighted by atomic mass is 32.2. The summed E-state index contributed by atoms with van der Waals surface area (Å²) >= 11 is 0. The van der Waals surface area contributed by atoms with E-state index in [9.17, 15) is 18.0 Å². The second kappa shape index (κ2) is 13.4. The lowest BCUT2D eigenvalue weighted by Gasteiger charge is -2.24. The zero-order chi connectivity index (χ0) is 27.5. The first-order chi connectivity index (χ1) is 18.2.